The topological polar surface area (TPSA) is 101 Å². The molecule has 0 unspecified atom stereocenters. The highest BCUT2D eigenvalue weighted by Gasteiger charge is 2.13. The largest absolute Gasteiger partial charge is 0.478 e. The van der Waals surface area contributed by atoms with Crippen LogP contribution in [-0.2, 0) is 11.3 Å². The Morgan fingerprint density at radius 2 is 2.10 bits per heavy atom. The maximum Gasteiger partial charge on any atom is 0.337 e. The Hall–Kier alpha value is -2.41. The normalized spacial score (nSPS) is 10.9. The number of aromatic carboxylic acids is 1. The summed E-state index contributed by atoms with van der Waals surface area (Å²) in [6.45, 7) is 0.905. The Bertz CT molecular complexity index is 775. The molecule has 0 aliphatic carbocycles. The molecule has 0 saturated heterocycles. The van der Waals surface area contributed by atoms with Crippen molar-refractivity contribution < 1.29 is 14.6 Å². The zero-order valence-corrected chi connectivity index (χ0v) is 11.6. The smallest absolute Gasteiger partial charge is 0.337 e. The second kappa shape index (κ2) is 6.36. The maximum absolute atomic E-state index is 12.0. The van der Waals surface area contributed by atoms with E-state index in [9.17, 15) is 14.4 Å². The quantitative estimate of drug-likeness (QED) is 0.606. The van der Waals surface area contributed by atoms with Crippen LogP contribution in [0.2, 0.25) is 0 Å². The molecule has 0 atom stereocenters. The Labute approximate surface area is 119 Å². The van der Waals surface area contributed by atoms with Crippen molar-refractivity contribution in [2.24, 2.45) is 0 Å². The van der Waals surface area contributed by atoms with E-state index in [1.54, 1.807) is 19.2 Å². The number of hydrogen-bond acceptors (Lipinski definition) is 4. The first-order valence-electron chi connectivity index (χ1n) is 6.54. The predicted molar refractivity (Wildman–Crippen MR) is 76.9 cm³/mol. The Balaban J connectivity index is 2.55. The molecule has 7 heteroatoms. The van der Waals surface area contributed by atoms with Gasteiger partial charge >= 0.3 is 17.1 Å². The molecule has 1 aromatic carbocycles. The van der Waals surface area contributed by atoms with Crippen LogP contribution in [0.4, 0.5) is 0 Å². The molecule has 1 heterocycles. The van der Waals surface area contributed by atoms with Crippen LogP contribution in [0.5, 0.6) is 0 Å². The summed E-state index contributed by atoms with van der Waals surface area (Å²) in [7, 11) is 1.59. The highest BCUT2D eigenvalue weighted by molar-refractivity contribution is 6.00. The first-order chi connectivity index (χ1) is 10.1. The Morgan fingerprint density at radius 3 is 2.76 bits per heavy atom. The van der Waals surface area contributed by atoms with E-state index in [0.29, 0.717) is 25.1 Å². The monoisotopic (exact) mass is 292 g/mol. The van der Waals surface area contributed by atoms with Crippen LogP contribution in [0, 0.1) is 0 Å². The fourth-order valence-electron chi connectivity index (χ4n) is 2.21. The number of rotatable bonds is 6. The highest BCUT2D eigenvalue weighted by atomic mass is 16.5. The van der Waals surface area contributed by atoms with Crippen LogP contribution in [0.15, 0.2) is 27.8 Å². The lowest BCUT2D eigenvalue weighted by molar-refractivity contribution is 0.0699. The summed E-state index contributed by atoms with van der Waals surface area (Å²) >= 11 is 0. The molecule has 0 amide bonds. The van der Waals surface area contributed by atoms with Crippen molar-refractivity contribution in [3.8, 4) is 0 Å². The molecular formula is C14H16N2O5. The molecule has 1 aromatic heterocycles. The summed E-state index contributed by atoms with van der Waals surface area (Å²) < 4.78 is 6.25. The minimum absolute atomic E-state index is 0.0322. The minimum Gasteiger partial charge on any atom is -0.478 e. The molecule has 2 rings (SSSR count). The molecule has 0 aliphatic rings. The third kappa shape index (κ3) is 3.03. The number of benzene rings is 1. The van der Waals surface area contributed by atoms with Crippen LogP contribution >= 0.6 is 0 Å². The van der Waals surface area contributed by atoms with Crippen molar-refractivity contribution in [3.63, 3.8) is 0 Å². The van der Waals surface area contributed by atoms with Crippen LogP contribution < -0.4 is 11.1 Å². The van der Waals surface area contributed by atoms with Crippen LogP contribution in [0.1, 0.15) is 23.2 Å². The molecule has 0 bridgehead atoms. The molecule has 0 fully saturated rings. The lowest BCUT2D eigenvalue weighted by Crippen LogP contribution is -2.36. The number of methoxy groups -OCH3 is 1. The number of carboxylic acids is 1. The van der Waals surface area contributed by atoms with Crippen molar-refractivity contribution in [1.82, 2.24) is 9.55 Å². The number of H-pyrrole nitrogens is 1. The Kier molecular flexibility index (Phi) is 4.54. The summed E-state index contributed by atoms with van der Waals surface area (Å²) in [5.74, 6) is -1.15. The molecule has 7 nitrogen and oxygen atoms in total. The summed E-state index contributed by atoms with van der Waals surface area (Å²) in [4.78, 5) is 37.2. The van der Waals surface area contributed by atoms with Gasteiger partial charge in [-0.15, -0.1) is 0 Å². The van der Waals surface area contributed by atoms with Crippen molar-refractivity contribution in [2.45, 2.75) is 19.4 Å². The molecule has 0 aliphatic heterocycles. The maximum atomic E-state index is 12.0. The zero-order valence-electron chi connectivity index (χ0n) is 11.6. The van der Waals surface area contributed by atoms with Crippen molar-refractivity contribution >= 4 is 17.0 Å². The van der Waals surface area contributed by atoms with E-state index < -0.39 is 17.1 Å². The van der Waals surface area contributed by atoms with Gasteiger partial charge < -0.3 is 19.4 Å². The van der Waals surface area contributed by atoms with E-state index >= 15 is 0 Å². The van der Waals surface area contributed by atoms with Crippen LogP contribution in [-0.4, -0.2) is 34.3 Å². The molecule has 0 radical (unpaired) electrons. The number of fused-ring (bicyclic) bond motifs is 1. The average Bonchev–Trinajstić information content (AvgIpc) is 2.46. The van der Waals surface area contributed by atoms with Gasteiger partial charge in [-0.2, -0.15) is 0 Å². The first kappa shape index (κ1) is 15.0. The number of aromatic nitrogens is 2. The molecule has 0 saturated carbocycles. The number of aryl methyl sites for hydroxylation is 1. The molecule has 21 heavy (non-hydrogen) atoms. The number of para-hydroxylation sites is 1. The van der Waals surface area contributed by atoms with Gasteiger partial charge in [-0.25, -0.2) is 4.79 Å². The van der Waals surface area contributed by atoms with Crippen molar-refractivity contribution in [2.75, 3.05) is 13.7 Å². The number of nitrogens with zero attached hydrogens (tertiary/aromatic N) is 1. The van der Waals surface area contributed by atoms with E-state index in [4.69, 9.17) is 9.84 Å². The fourth-order valence-corrected chi connectivity index (χ4v) is 2.21. The molecule has 2 aromatic rings. The van der Waals surface area contributed by atoms with Gasteiger partial charge in [0.2, 0.25) is 0 Å². The third-order valence-corrected chi connectivity index (χ3v) is 3.22. The summed E-state index contributed by atoms with van der Waals surface area (Å²) in [6.07, 6.45) is 1.40. The fraction of sp³-hybridized carbons (Fsp3) is 0.357. The lowest BCUT2D eigenvalue weighted by Gasteiger charge is -2.10. The SMILES string of the molecule is COCCCCn1c(=O)c(=O)[nH]c2c(C(=O)O)cccc21. The van der Waals surface area contributed by atoms with E-state index in [2.05, 4.69) is 4.98 Å². The molecule has 0 spiro atoms. The summed E-state index contributed by atoms with van der Waals surface area (Å²) in [6, 6.07) is 4.56. The highest BCUT2D eigenvalue weighted by Crippen LogP contribution is 2.14. The Morgan fingerprint density at radius 1 is 1.33 bits per heavy atom. The third-order valence-electron chi connectivity index (χ3n) is 3.22. The number of nitrogens with one attached hydrogen (secondary N) is 1. The number of carbonyl (C=O) groups is 1. The van der Waals surface area contributed by atoms with E-state index in [1.165, 1.54) is 10.6 Å². The number of aromatic amines is 1. The van der Waals surface area contributed by atoms with Gasteiger partial charge in [0.1, 0.15) is 0 Å². The van der Waals surface area contributed by atoms with E-state index in [1.807, 2.05) is 0 Å². The van der Waals surface area contributed by atoms with Gasteiger partial charge in [0.15, 0.2) is 0 Å². The predicted octanol–water partition coefficient (Wildman–Crippen LogP) is 0.815. The number of ether oxygens (including phenoxy) is 1. The number of unbranched alkanes of at least 4 members (excludes halogenated alkanes) is 1. The number of hydrogen-bond donors (Lipinski definition) is 2. The second-order valence-corrected chi connectivity index (χ2v) is 4.62. The summed E-state index contributed by atoms with van der Waals surface area (Å²) in [5, 5.41) is 9.15. The van der Waals surface area contributed by atoms with Gasteiger partial charge in [0.05, 0.1) is 16.6 Å². The van der Waals surface area contributed by atoms with E-state index in [-0.39, 0.29) is 11.1 Å². The zero-order chi connectivity index (χ0) is 15.4. The van der Waals surface area contributed by atoms with Gasteiger partial charge in [-0.05, 0) is 25.0 Å². The van der Waals surface area contributed by atoms with Gasteiger partial charge in [0.25, 0.3) is 0 Å². The standard InChI is InChI=1S/C14H16N2O5/c1-21-8-3-2-7-16-10-6-4-5-9(14(19)20)11(10)15-12(17)13(16)18/h4-6H,2-3,7-8H2,1H3,(H,15,17)(H,19,20). The summed E-state index contributed by atoms with van der Waals surface area (Å²) in [5.41, 5.74) is -0.945. The molecule has 112 valence electrons. The number of carboxylic acid groups (broad SMARTS) is 1. The first-order valence-corrected chi connectivity index (χ1v) is 6.54. The van der Waals surface area contributed by atoms with Crippen molar-refractivity contribution in [3.05, 3.63) is 44.5 Å². The average molecular weight is 292 g/mol. The van der Waals surface area contributed by atoms with Gasteiger partial charge in [-0.1, -0.05) is 6.07 Å². The van der Waals surface area contributed by atoms with Gasteiger partial charge in [0, 0.05) is 20.3 Å². The van der Waals surface area contributed by atoms with Crippen molar-refractivity contribution in [1.29, 1.82) is 0 Å². The minimum atomic E-state index is -1.15. The molecular weight excluding hydrogens is 276 g/mol. The van der Waals surface area contributed by atoms with E-state index in [0.717, 1.165) is 6.42 Å². The second-order valence-electron chi connectivity index (χ2n) is 4.62. The molecule has 2 N–H and O–H groups in total. The lowest BCUT2D eigenvalue weighted by atomic mass is 10.1. The van der Waals surface area contributed by atoms with Gasteiger partial charge in [-0.3, -0.25) is 9.59 Å². The van der Waals surface area contributed by atoms with Crippen LogP contribution in [0.25, 0.3) is 11.0 Å². The van der Waals surface area contributed by atoms with Crippen LogP contribution in [0.3, 0.4) is 0 Å².